The SMILES string of the molecule is O=C(COC[C@@H]1C[C@H]2OCCN(c3ncccn3)[C@H]2C1)N1CCCC1. The van der Waals surface area contributed by atoms with E-state index >= 15 is 0 Å². The third-order valence-electron chi connectivity index (χ3n) is 5.48. The monoisotopic (exact) mass is 346 g/mol. The normalized spacial score (nSPS) is 29.0. The Hall–Kier alpha value is -1.73. The minimum absolute atomic E-state index is 0.128. The molecule has 0 unspecified atom stereocenters. The van der Waals surface area contributed by atoms with Crippen molar-refractivity contribution >= 4 is 11.9 Å². The van der Waals surface area contributed by atoms with Gasteiger partial charge < -0.3 is 19.3 Å². The number of morpholine rings is 1. The summed E-state index contributed by atoms with van der Waals surface area (Å²) in [6, 6.07) is 2.14. The lowest BCUT2D eigenvalue weighted by atomic mass is 10.1. The quantitative estimate of drug-likeness (QED) is 0.795. The molecule has 25 heavy (non-hydrogen) atoms. The minimum atomic E-state index is 0.128. The molecule has 7 heteroatoms. The van der Waals surface area contributed by atoms with Crippen LogP contribution in [0.15, 0.2) is 18.5 Å². The largest absolute Gasteiger partial charge is 0.374 e. The van der Waals surface area contributed by atoms with Gasteiger partial charge in [0.05, 0.1) is 25.4 Å². The lowest BCUT2D eigenvalue weighted by Gasteiger charge is -2.37. The van der Waals surface area contributed by atoms with Gasteiger partial charge in [-0.15, -0.1) is 0 Å². The highest BCUT2D eigenvalue weighted by Gasteiger charge is 2.42. The standard InChI is InChI=1S/C18H26N4O3/c23-17(21-6-1-2-7-21)13-24-12-14-10-15-16(11-14)25-9-8-22(15)18-19-4-3-5-20-18/h3-5,14-16H,1-2,6-13H2/t14-,15-,16+/m0/s1. The van der Waals surface area contributed by atoms with Gasteiger partial charge in [0, 0.05) is 32.0 Å². The Morgan fingerprint density at radius 2 is 2.00 bits per heavy atom. The van der Waals surface area contributed by atoms with Crippen molar-refractivity contribution in [2.75, 3.05) is 44.4 Å². The zero-order chi connectivity index (χ0) is 17.1. The van der Waals surface area contributed by atoms with Crippen LogP contribution in [0.2, 0.25) is 0 Å². The van der Waals surface area contributed by atoms with Gasteiger partial charge in [0.15, 0.2) is 0 Å². The molecule has 0 N–H and O–H groups in total. The van der Waals surface area contributed by atoms with Gasteiger partial charge in [0.2, 0.25) is 11.9 Å². The number of ether oxygens (including phenoxy) is 2. The predicted molar refractivity (Wildman–Crippen MR) is 92.3 cm³/mol. The van der Waals surface area contributed by atoms with E-state index < -0.39 is 0 Å². The van der Waals surface area contributed by atoms with Crippen LogP contribution in [-0.4, -0.2) is 72.4 Å². The number of fused-ring (bicyclic) bond motifs is 1. The Morgan fingerprint density at radius 3 is 2.80 bits per heavy atom. The van der Waals surface area contributed by atoms with Crippen molar-refractivity contribution in [3.63, 3.8) is 0 Å². The molecule has 1 saturated carbocycles. The number of carbonyl (C=O) groups excluding carboxylic acids is 1. The average Bonchev–Trinajstić information content (AvgIpc) is 3.31. The maximum absolute atomic E-state index is 12.1. The first-order valence-electron chi connectivity index (χ1n) is 9.32. The Labute approximate surface area is 148 Å². The maximum atomic E-state index is 12.1. The van der Waals surface area contributed by atoms with Crippen LogP contribution in [0, 0.1) is 5.92 Å². The zero-order valence-corrected chi connectivity index (χ0v) is 14.5. The molecule has 3 aliphatic rings. The smallest absolute Gasteiger partial charge is 0.248 e. The van der Waals surface area contributed by atoms with Gasteiger partial charge >= 0.3 is 0 Å². The number of amides is 1. The molecule has 1 amide bonds. The van der Waals surface area contributed by atoms with Crippen LogP contribution < -0.4 is 4.90 Å². The summed E-state index contributed by atoms with van der Waals surface area (Å²) in [4.78, 5) is 25.0. The molecule has 2 aliphatic heterocycles. The molecule has 3 fully saturated rings. The van der Waals surface area contributed by atoms with Crippen LogP contribution in [0.5, 0.6) is 0 Å². The highest BCUT2D eigenvalue weighted by atomic mass is 16.5. The molecular formula is C18H26N4O3. The number of nitrogens with zero attached hydrogens (tertiary/aromatic N) is 4. The van der Waals surface area contributed by atoms with E-state index in [0.717, 1.165) is 51.3 Å². The van der Waals surface area contributed by atoms with Crippen molar-refractivity contribution < 1.29 is 14.3 Å². The van der Waals surface area contributed by atoms with E-state index in [1.165, 1.54) is 0 Å². The van der Waals surface area contributed by atoms with Crippen molar-refractivity contribution in [2.24, 2.45) is 5.92 Å². The van der Waals surface area contributed by atoms with Crippen molar-refractivity contribution in [1.82, 2.24) is 14.9 Å². The first kappa shape index (κ1) is 16.7. The predicted octanol–water partition coefficient (Wildman–Crippen LogP) is 1.10. The minimum Gasteiger partial charge on any atom is -0.374 e. The number of carbonyl (C=O) groups is 1. The van der Waals surface area contributed by atoms with Gasteiger partial charge in [-0.25, -0.2) is 9.97 Å². The molecule has 4 rings (SSSR count). The highest BCUT2D eigenvalue weighted by Crippen LogP contribution is 2.35. The lowest BCUT2D eigenvalue weighted by molar-refractivity contribution is -0.135. The van der Waals surface area contributed by atoms with Crippen LogP contribution in [-0.2, 0) is 14.3 Å². The molecule has 1 aromatic rings. The molecular weight excluding hydrogens is 320 g/mol. The Morgan fingerprint density at radius 1 is 1.20 bits per heavy atom. The summed E-state index contributed by atoms with van der Waals surface area (Å²) in [5, 5.41) is 0. The summed E-state index contributed by atoms with van der Waals surface area (Å²) in [5.74, 6) is 1.33. The second-order valence-electron chi connectivity index (χ2n) is 7.16. The highest BCUT2D eigenvalue weighted by molar-refractivity contribution is 5.77. The van der Waals surface area contributed by atoms with Crippen molar-refractivity contribution in [2.45, 2.75) is 37.8 Å². The van der Waals surface area contributed by atoms with Crippen molar-refractivity contribution in [3.05, 3.63) is 18.5 Å². The number of rotatable bonds is 5. The van der Waals surface area contributed by atoms with Crippen molar-refractivity contribution in [1.29, 1.82) is 0 Å². The maximum Gasteiger partial charge on any atom is 0.248 e. The fourth-order valence-electron chi connectivity index (χ4n) is 4.25. The Bertz CT molecular complexity index is 579. The molecule has 3 atom stereocenters. The third kappa shape index (κ3) is 3.77. The van der Waals surface area contributed by atoms with Crippen LogP contribution >= 0.6 is 0 Å². The van der Waals surface area contributed by atoms with E-state index in [0.29, 0.717) is 25.2 Å². The van der Waals surface area contributed by atoms with Crippen molar-refractivity contribution in [3.8, 4) is 0 Å². The van der Waals surface area contributed by atoms with Gasteiger partial charge in [-0.1, -0.05) is 0 Å². The fraction of sp³-hybridized carbons (Fsp3) is 0.722. The average molecular weight is 346 g/mol. The summed E-state index contributed by atoms with van der Waals surface area (Å²) in [5.41, 5.74) is 0. The second kappa shape index (κ2) is 7.66. The van der Waals surface area contributed by atoms with Crippen LogP contribution in [0.4, 0.5) is 5.95 Å². The van der Waals surface area contributed by atoms with E-state index in [4.69, 9.17) is 9.47 Å². The van der Waals surface area contributed by atoms with Gasteiger partial charge in [0.1, 0.15) is 6.61 Å². The summed E-state index contributed by atoms with van der Waals surface area (Å²) >= 11 is 0. The molecule has 3 heterocycles. The third-order valence-corrected chi connectivity index (χ3v) is 5.48. The Kier molecular flexibility index (Phi) is 5.12. The van der Waals surface area contributed by atoms with E-state index in [-0.39, 0.29) is 18.6 Å². The number of likely N-dealkylation sites (tertiary alicyclic amines) is 1. The Balaban J connectivity index is 1.28. The van der Waals surface area contributed by atoms with Gasteiger partial charge in [-0.05, 0) is 37.7 Å². The fourth-order valence-corrected chi connectivity index (χ4v) is 4.25. The summed E-state index contributed by atoms with van der Waals surface area (Å²) in [6.07, 6.45) is 7.99. The van der Waals surface area contributed by atoms with E-state index in [1.54, 1.807) is 12.4 Å². The molecule has 136 valence electrons. The van der Waals surface area contributed by atoms with Crippen LogP contribution in [0.25, 0.3) is 0 Å². The molecule has 0 radical (unpaired) electrons. The van der Waals surface area contributed by atoms with Crippen LogP contribution in [0.3, 0.4) is 0 Å². The summed E-state index contributed by atoms with van der Waals surface area (Å²) < 4.78 is 11.7. The molecule has 1 aromatic heterocycles. The molecule has 0 bridgehead atoms. The van der Waals surface area contributed by atoms with Gasteiger partial charge in [-0.3, -0.25) is 4.79 Å². The molecule has 0 aromatic carbocycles. The van der Waals surface area contributed by atoms with Gasteiger partial charge in [0.25, 0.3) is 0 Å². The molecule has 7 nitrogen and oxygen atoms in total. The number of hydrogen-bond donors (Lipinski definition) is 0. The van der Waals surface area contributed by atoms with E-state index in [1.807, 2.05) is 11.0 Å². The van der Waals surface area contributed by atoms with Crippen LogP contribution in [0.1, 0.15) is 25.7 Å². The topological polar surface area (TPSA) is 67.8 Å². The number of anilines is 1. The first-order chi connectivity index (χ1) is 12.3. The summed E-state index contributed by atoms with van der Waals surface area (Å²) in [7, 11) is 0. The first-order valence-corrected chi connectivity index (χ1v) is 9.32. The van der Waals surface area contributed by atoms with E-state index in [2.05, 4.69) is 14.9 Å². The van der Waals surface area contributed by atoms with Gasteiger partial charge in [-0.2, -0.15) is 0 Å². The number of hydrogen-bond acceptors (Lipinski definition) is 6. The molecule has 2 saturated heterocycles. The molecule has 0 spiro atoms. The lowest BCUT2D eigenvalue weighted by Crippen LogP contribution is -2.49. The number of aromatic nitrogens is 2. The zero-order valence-electron chi connectivity index (χ0n) is 14.5. The molecule has 1 aliphatic carbocycles. The second-order valence-corrected chi connectivity index (χ2v) is 7.16. The van der Waals surface area contributed by atoms with E-state index in [9.17, 15) is 4.79 Å². The summed E-state index contributed by atoms with van der Waals surface area (Å²) in [6.45, 7) is 4.13.